The summed E-state index contributed by atoms with van der Waals surface area (Å²) < 4.78 is 5.48. The molecule has 1 heterocycles. The number of likely N-dealkylation sites (N-methyl/N-ethyl adjacent to an activating group) is 1. The van der Waals surface area contributed by atoms with Gasteiger partial charge in [-0.25, -0.2) is 4.98 Å². The van der Waals surface area contributed by atoms with Crippen molar-refractivity contribution in [2.75, 3.05) is 26.8 Å². The largest absolute Gasteiger partial charge is 0.379 e. The van der Waals surface area contributed by atoms with Crippen LogP contribution in [0.4, 0.5) is 0 Å². The predicted molar refractivity (Wildman–Crippen MR) is 61.6 cm³/mol. The van der Waals surface area contributed by atoms with Crippen molar-refractivity contribution in [3.8, 4) is 0 Å². The Morgan fingerprint density at radius 2 is 2.35 bits per heavy atom. The molecule has 6 heteroatoms. The molecule has 0 spiro atoms. The molecule has 0 atom stereocenters. The SMILES string of the molecule is Cc1nc(C(=O)N(C)CCOCC2CC2)n[nH]1. The van der Waals surface area contributed by atoms with Crippen LogP contribution in [-0.4, -0.2) is 52.8 Å². The third-order valence-corrected chi connectivity index (χ3v) is 2.76. The molecule has 6 nitrogen and oxygen atoms in total. The van der Waals surface area contributed by atoms with Crippen molar-refractivity contribution in [2.45, 2.75) is 19.8 Å². The first-order chi connectivity index (χ1) is 8.16. The fourth-order valence-corrected chi connectivity index (χ4v) is 1.45. The molecule has 0 aliphatic heterocycles. The van der Waals surface area contributed by atoms with Crippen LogP contribution in [0.3, 0.4) is 0 Å². The van der Waals surface area contributed by atoms with Crippen LogP contribution in [-0.2, 0) is 4.74 Å². The number of nitrogens with zero attached hydrogens (tertiary/aromatic N) is 3. The van der Waals surface area contributed by atoms with Crippen LogP contribution in [0.1, 0.15) is 29.3 Å². The molecule has 2 rings (SSSR count). The van der Waals surface area contributed by atoms with Crippen LogP contribution >= 0.6 is 0 Å². The van der Waals surface area contributed by atoms with E-state index in [1.807, 2.05) is 0 Å². The lowest BCUT2D eigenvalue weighted by Gasteiger charge is -2.15. The molecule has 1 N–H and O–H groups in total. The second-order valence-corrected chi connectivity index (χ2v) is 4.49. The normalized spacial score (nSPS) is 14.9. The summed E-state index contributed by atoms with van der Waals surface area (Å²) in [7, 11) is 1.73. The van der Waals surface area contributed by atoms with E-state index in [1.165, 1.54) is 12.8 Å². The highest BCUT2D eigenvalue weighted by Crippen LogP contribution is 2.28. The number of nitrogens with one attached hydrogen (secondary N) is 1. The number of rotatable bonds is 6. The summed E-state index contributed by atoms with van der Waals surface area (Å²) in [4.78, 5) is 17.4. The Labute approximate surface area is 100 Å². The zero-order valence-corrected chi connectivity index (χ0v) is 10.3. The van der Waals surface area contributed by atoms with Gasteiger partial charge in [-0.1, -0.05) is 0 Å². The summed E-state index contributed by atoms with van der Waals surface area (Å²) in [6, 6.07) is 0. The van der Waals surface area contributed by atoms with Crippen molar-refractivity contribution >= 4 is 5.91 Å². The molecule has 0 aromatic carbocycles. The monoisotopic (exact) mass is 238 g/mol. The predicted octanol–water partition coefficient (Wildman–Crippen LogP) is 0.612. The summed E-state index contributed by atoms with van der Waals surface area (Å²) in [5, 5.41) is 6.49. The van der Waals surface area contributed by atoms with E-state index in [4.69, 9.17) is 4.74 Å². The lowest BCUT2D eigenvalue weighted by atomic mass is 10.4. The number of aromatic nitrogens is 3. The first kappa shape index (κ1) is 12.0. The number of hydrogen-bond acceptors (Lipinski definition) is 4. The molecule has 1 aromatic heterocycles. The summed E-state index contributed by atoms with van der Waals surface area (Å²) in [5.74, 6) is 1.44. The molecule has 17 heavy (non-hydrogen) atoms. The van der Waals surface area contributed by atoms with Gasteiger partial charge < -0.3 is 9.64 Å². The molecule has 0 unspecified atom stereocenters. The highest BCUT2D eigenvalue weighted by molar-refractivity contribution is 5.90. The third-order valence-electron chi connectivity index (χ3n) is 2.76. The van der Waals surface area contributed by atoms with E-state index in [9.17, 15) is 4.79 Å². The number of aromatic amines is 1. The van der Waals surface area contributed by atoms with Gasteiger partial charge in [0, 0.05) is 20.2 Å². The summed E-state index contributed by atoms with van der Waals surface area (Å²) in [5.41, 5.74) is 0. The number of carbonyl (C=O) groups excluding carboxylic acids is 1. The van der Waals surface area contributed by atoms with Gasteiger partial charge in [0.25, 0.3) is 5.91 Å². The molecular weight excluding hydrogens is 220 g/mol. The zero-order chi connectivity index (χ0) is 12.3. The molecular formula is C11H18N4O2. The molecule has 1 aliphatic rings. The second-order valence-electron chi connectivity index (χ2n) is 4.49. The van der Waals surface area contributed by atoms with Gasteiger partial charge in [0.1, 0.15) is 5.82 Å². The molecule has 94 valence electrons. The molecule has 1 fully saturated rings. The van der Waals surface area contributed by atoms with E-state index in [-0.39, 0.29) is 11.7 Å². The fraction of sp³-hybridized carbons (Fsp3) is 0.727. The van der Waals surface area contributed by atoms with Gasteiger partial charge in [0.05, 0.1) is 6.61 Å². The lowest BCUT2D eigenvalue weighted by Crippen LogP contribution is -2.31. The first-order valence-corrected chi connectivity index (χ1v) is 5.89. The van der Waals surface area contributed by atoms with Crippen LogP contribution in [0.5, 0.6) is 0 Å². The van der Waals surface area contributed by atoms with E-state index in [2.05, 4.69) is 15.2 Å². The highest BCUT2D eigenvalue weighted by atomic mass is 16.5. The van der Waals surface area contributed by atoms with Crippen molar-refractivity contribution in [3.63, 3.8) is 0 Å². The minimum atomic E-state index is -0.177. The molecule has 0 bridgehead atoms. The van der Waals surface area contributed by atoms with Crippen LogP contribution in [0, 0.1) is 12.8 Å². The third kappa shape index (κ3) is 3.52. The Morgan fingerprint density at radius 1 is 1.59 bits per heavy atom. The number of amides is 1. The maximum Gasteiger partial charge on any atom is 0.293 e. The van der Waals surface area contributed by atoms with Crippen molar-refractivity contribution in [1.82, 2.24) is 20.1 Å². The lowest BCUT2D eigenvalue weighted by molar-refractivity contribution is 0.0671. The smallest absolute Gasteiger partial charge is 0.293 e. The van der Waals surface area contributed by atoms with Crippen LogP contribution in [0.25, 0.3) is 0 Å². The quantitative estimate of drug-likeness (QED) is 0.737. The average molecular weight is 238 g/mol. The summed E-state index contributed by atoms with van der Waals surface area (Å²) in [6.45, 7) is 3.73. The van der Waals surface area contributed by atoms with E-state index in [0.717, 1.165) is 12.5 Å². The van der Waals surface area contributed by atoms with Gasteiger partial charge in [-0.3, -0.25) is 9.89 Å². The van der Waals surface area contributed by atoms with E-state index in [1.54, 1.807) is 18.9 Å². The molecule has 0 saturated heterocycles. The number of ether oxygens (including phenoxy) is 1. The van der Waals surface area contributed by atoms with Gasteiger partial charge in [-0.2, -0.15) is 0 Å². The Morgan fingerprint density at radius 3 is 2.94 bits per heavy atom. The summed E-state index contributed by atoms with van der Waals surface area (Å²) >= 11 is 0. The van der Waals surface area contributed by atoms with Crippen LogP contribution in [0.2, 0.25) is 0 Å². The fourth-order valence-electron chi connectivity index (χ4n) is 1.45. The first-order valence-electron chi connectivity index (χ1n) is 5.89. The van der Waals surface area contributed by atoms with Gasteiger partial charge in [0.15, 0.2) is 0 Å². The molecule has 1 aromatic rings. The van der Waals surface area contributed by atoms with E-state index < -0.39 is 0 Å². The number of aryl methyl sites for hydroxylation is 1. The maximum atomic E-state index is 11.8. The van der Waals surface area contributed by atoms with Crippen molar-refractivity contribution in [3.05, 3.63) is 11.6 Å². The number of carbonyl (C=O) groups is 1. The topological polar surface area (TPSA) is 71.1 Å². The Kier molecular flexibility index (Phi) is 3.73. The molecule has 1 aliphatic carbocycles. The van der Waals surface area contributed by atoms with Crippen molar-refractivity contribution in [1.29, 1.82) is 0 Å². The molecule has 0 radical (unpaired) electrons. The van der Waals surface area contributed by atoms with Crippen molar-refractivity contribution < 1.29 is 9.53 Å². The molecule has 1 amide bonds. The van der Waals surface area contributed by atoms with Crippen LogP contribution < -0.4 is 0 Å². The van der Waals surface area contributed by atoms with Crippen molar-refractivity contribution in [2.24, 2.45) is 5.92 Å². The number of hydrogen-bond donors (Lipinski definition) is 1. The minimum Gasteiger partial charge on any atom is -0.379 e. The Hall–Kier alpha value is -1.43. The van der Waals surface area contributed by atoms with Gasteiger partial charge in [-0.05, 0) is 25.7 Å². The molecule has 1 saturated carbocycles. The van der Waals surface area contributed by atoms with E-state index in [0.29, 0.717) is 19.0 Å². The highest BCUT2D eigenvalue weighted by Gasteiger charge is 2.21. The zero-order valence-electron chi connectivity index (χ0n) is 10.3. The average Bonchev–Trinajstić information content (AvgIpc) is 3.04. The standard InChI is InChI=1S/C11H18N4O2/c1-8-12-10(14-13-8)11(16)15(2)5-6-17-7-9-3-4-9/h9H,3-7H2,1-2H3,(H,12,13,14). The van der Waals surface area contributed by atoms with Gasteiger partial charge >= 0.3 is 0 Å². The van der Waals surface area contributed by atoms with E-state index >= 15 is 0 Å². The maximum absolute atomic E-state index is 11.8. The Balaban J connectivity index is 1.70. The summed E-state index contributed by atoms with van der Waals surface area (Å²) in [6.07, 6.45) is 2.57. The second kappa shape index (κ2) is 5.27. The minimum absolute atomic E-state index is 0.177. The van der Waals surface area contributed by atoms with Gasteiger partial charge in [-0.15, -0.1) is 5.10 Å². The number of H-pyrrole nitrogens is 1. The van der Waals surface area contributed by atoms with Gasteiger partial charge in [0.2, 0.25) is 5.82 Å². The van der Waals surface area contributed by atoms with Crippen LogP contribution in [0.15, 0.2) is 0 Å². The Bertz CT molecular complexity index is 387.